The van der Waals surface area contributed by atoms with E-state index in [1.54, 1.807) is 12.1 Å². The number of esters is 1. The summed E-state index contributed by atoms with van der Waals surface area (Å²) >= 11 is 0. The Morgan fingerprint density at radius 1 is 1.07 bits per heavy atom. The fraction of sp³-hybridized carbons (Fsp3) is 0.222. The molecule has 0 saturated heterocycles. The normalized spacial score (nSPS) is 12.0. The molecule has 0 aliphatic carbocycles. The molecular formula is C18H20N2O7S. The molecule has 3 N–H and O–H groups in total. The number of ether oxygens (including phenoxy) is 3. The Hall–Kier alpha value is -3.11. The van der Waals surface area contributed by atoms with Gasteiger partial charge in [-0.2, -0.15) is 0 Å². The topological polar surface area (TPSA) is 134 Å². The molecule has 0 unspecified atom stereocenters. The monoisotopic (exact) mass is 408 g/mol. The number of amides is 1. The van der Waals surface area contributed by atoms with Crippen LogP contribution in [0.15, 0.2) is 47.4 Å². The van der Waals surface area contributed by atoms with Gasteiger partial charge in [-0.3, -0.25) is 4.79 Å². The van der Waals surface area contributed by atoms with Crippen LogP contribution in [0.4, 0.5) is 5.69 Å². The third-order valence-corrected chi connectivity index (χ3v) is 4.62. The summed E-state index contributed by atoms with van der Waals surface area (Å²) in [4.78, 5) is 24.5. The lowest BCUT2D eigenvalue weighted by Crippen LogP contribution is -2.30. The highest BCUT2D eigenvalue weighted by atomic mass is 32.2. The van der Waals surface area contributed by atoms with Crippen molar-refractivity contribution in [1.29, 1.82) is 0 Å². The quantitative estimate of drug-likeness (QED) is 0.664. The first-order chi connectivity index (χ1) is 13.2. The summed E-state index contributed by atoms with van der Waals surface area (Å²) in [6.07, 6.45) is -1.17. The second-order valence-electron chi connectivity index (χ2n) is 5.68. The fourth-order valence-electron chi connectivity index (χ4n) is 2.25. The number of carbonyl (C=O) groups excluding carboxylic acids is 2. The lowest BCUT2D eigenvalue weighted by molar-refractivity contribution is -0.123. The minimum Gasteiger partial charge on any atom is -0.497 e. The average molecular weight is 408 g/mol. The van der Waals surface area contributed by atoms with Gasteiger partial charge in [0.25, 0.3) is 5.91 Å². The molecule has 2 aromatic carbocycles. The molecule has 0 aliphatic rings. The van der Waals surface area contributed by atoms with Crippen molar-refractivity contribution in [2.75, 3.05) is 19.5 Å². The van der Waals surface area contributed by atoms with Crippen LogP contribution >= 0.6 is 0 Å². The van der Waals surface area contributed by atoms with Crippen molar-refractivity contribution < 1.29 is 32.2 Å². The zero-order chi connectivity index (χ0) is 20.9. The molecule has 0 heterocycles. The smallest absolute Gasteiger partial charge is 0.342 e. The molecule has 9 nitrogen and oxygen atoms in total. The molecular weight excluding hydrogens is 388 g/mol. The number of hydrogen-bond donors (Lipinski definition) is 2. The lowest BCUT2D eigenvalue weighted by atomic mass is 10.2. The van der Waals surface area contributed by atoms with Crippen LogP contribution in [0, 0.1) is 0 Å². The highest BCUT2D eigenvalue weighted by Crippen LogP contribution is 2.25. The van der Waals surface area contributed by atoms with Crippen LogP contribution < -0.4 is 19.9 Å². The van der Waals surface area contributed by atoms with Crippen molar-refractivity contribution in [2.45, 2.75) is 17.9 Å². The van der Waals surface area contributed by atoms with Crippen LogP contribution in [0.5, 0.6) is 11.5 Å². The third-order valence-electron chi connectivity index (χ3n) is 3.71. The lowest BCUT2D eigenvalue weighted by Gasteiger charge is -2.15. The van der Waals surface area contributed by atoms with Crippen molar-refractivity contribution in [2.24, 2.45) is 5.14 Å². The maximum Gasteiger partial charge on any atom is 0.342 e. The van der Waals surface area contributed by atoms with Crippen molar-refractivity contribution in [3.8, 4) is 11.5 Å². The maximum atomic E-state index is 12.4. The van der Waals surface area contributed by atoms with Gasteiger partial charge < -0.3 is 19.5 Å². The van der Waals surface area contributed by atoms with Crippen LogP contribution in [0.25, 0.3) is 0 Å². The van der Waals surface area contributed by atoms with Gasteiger partial charge in [-0.15, -0.1) is 0 Å². The Morgan fingerprint density at radius 2 is 1.79 bits per heavy atom. The summed E-state index contributed by atoms with van der Waals surface area (Å²) < 4.78 is 38.2. The highest BCUT2D eigenvalue weighted by molar-refractivity contribution is 7.89. The summed E-state index contributed by atoms with van der Waals surface area (Å²) in [5, 5.41) is 7.54. The number of sulfonamides is 1. The first kappa shape index (κ1) is 21.2. The average Bonchev–Trinajstić information content (AvgIpc) is 2.66. The summed E-state index contributed by atoms with van der Waals surface area (Å²) in [6, 6.07) is 9.99. The number of rotatable bonds is 7. The van der Waals surface area contributed by atoms with E-state index < -0.39 is 28.0 Å². The van der Waals surface area contributed by atoms with E-state index in [0.717, 1.165) is 0 Å². The van der Waals surface area contributed by atoms with Crippen molar-refractivity contribution in [1.82, 2.24) is 0 Å². The van der Waals surface area contributed by atoms with E-state index in [1.165, 1.54) is 51.5 Å². The van der Waals surface area contributed by atoms with E-state index in [4.69, 9.17) is 19.3 Å². The van der Waals surface area contributed by atoms with Crippen LogP contribution in [0.1, 0.15) is 17.3 Å². The van der Waals surface area contributed by atoms with Crippen LogP contribution in [0.3, 0.4) is 0 Å². The van der Waals surface area contributed by atoms with Crippen LogP contribution in [0.2, 0.25) is 0 Å². The van der Waals surface area contributed by atoms with Crippen molar-refractivity contribution in [3.05, 3.63) is 48.0 Å². The molecule has 150 valence electrons. The van der Waals surface area contributed by atoms with Gasteiger partial charge in [0, 0.05) is 5.69 Å². The van der Waals surface area contributed by atoms with Gasteiger partial charge in [0.2, 0.25) is 10.0 Å². The molecule has 1 atom stereocenters. The maximum absolute atomic E-state index is 12.4. The number of benzene rings is 2. The minimum atomic E-state index is -3.91. The predicted molar refractivity (Wildman–Crippen MR) is 101 cm³/mol. The highest BCUT2D eigenvalue weighted by Gasteiger charge is 2.22. The van der Waals surface area contributed by atoms with Gasteiger partial charge in [-0.1, -0.05) is 6.07 Å². The van der Waals surface area contributed by atoms with Gasteiger partial charge in [0.05, 0.1) is 19.1 Å². The largest absolute Gasteiger partial charge is 0.497 e. The zero-order valence-electron chi connectivity index (χ0n) is 15.5. The van der Waals surface area contributed by atoms with E-state index in [1.807, 2.05) is 0 Å². The Labute approximate surface area is 162 Å². The number of nitrogens with two attached hydrogens (primary N) is 1. The molecule has 0 radical (unpaired) electrons. The van der Waals surface area contributed by atoms with Crippen LogP contribution in [-0.4, -0.2) is 40.6 Å². The molecule has 0 aromatic heterocycles. The second-order valence-corrected chi connectivity index (χ2v) is 7.24. The first-order valence-electron chi connectivity index (χ1n) is 8.02. The molecule has 10 heteroatoms. The summed E-state index contributed by atoms with van der Waals surface area (Å²) in [5.41, 5.74) is 0.288. The molecule has 0 saturated carbocycles. The molecule has 0 fully saturated rings. The number of hydrogen-bond acceptors (Lipinski definition) is 7. The Kier molecular flexibility index (Phi) is 6.60. The molecule has 0 bridgehead atoms. The van der Waals surface area contributed by atoms with Crippen molar-refractivity contribution >= 4 is 27.6 Å². The molecule has 0 aliphatic heterocycles. The zero-order valence-corrected chi connectivity index (χ0v) is 16.3. The van der Waals surface area contributed by atoms with E-state index >= 15 is 0 Å². The van der Waals surface area contributed by atoms with Gasteiger partial charge >= 0.3 is 5.97 Å². The minimum absolute atomic E-state index is 0.0951. The second kappa shape index (κ2) is 8.72. The summed E-state index contributed by atoms with van der Waals surface area (Å²) in [6.45, 7) is 1.38. The molecule has 0 spiro atoms. The Balaban J connectivity index is 2.12. The number of carbonyl (C=O) groups is 2. The number of anilines is 1. The van der Waals surface area contributed by atoms with E-state index in [0.29, 0.717) is 5.75 Å². The van der Waals surface area contributed by atoms with Gasteiger partial charge in [0.1, 0.15) is 17.1 Å². The van der Waals surface area contributed by atoms with Gasteiger partial charge in [-0.25, -0.2) is 18.4 Å². The molecule has 2 aromatic rings. The Bertz CT molecular complexity index is 989. The standard InChI is InChI=1S/C18H20N2O7S/c1-11(17(21)20-12-5-4-6-14(9-12)28(19,23)24)27-18(22)15-10-13(25-2)7-8-16(15)26-3/h4-11H,1-3H3,(H,20,21)(H2,19,23,24)/t11-/m0/s1. The first-order valence-corrected chi connectivity index (χ1v) is 9.57. The number of nitrogens with one attached hydrogen (secondary N) is 1. The Morgan fingerprint density at radius 3 is 2.39 bits per heavy atom. The summed E-state index contributed by atoms with van der Waals surface area (Å²) in [5.74, 6) is -0.748. The predicted octanol–water partition coefficient (Wildman–Crippen LogP) is 1.54. The number of primary sulfonamides is 1. The summed E-state index contributed by atoms with van der Waals surface area (Å²) in [7, 11) is -1.07. The number of methoxy groups -OCH3 is 2. The third kappa shape index (κ3) is 5.21. The van der Waals surface area contributed by atoms with Gasteiger partial charge in [-0.05, 0) is 43.3 Å². The van der Waals surface area contributed by atoms with E-state index in [9.17, 15) is 18.0 Å². The van der Waals surface area contributed by atoms with Crippen LogP contribution in [-0.2, 0) is 19.6 Å². The van der Waals surface area contributed by atoms with E-state index in [2.05, 4.69) is 5.32 Å². The van der Waals surface area contributed by atoms with Gasteiger partial charge in [0.15, 0.2) is 6.10 Å². The fourth-order valence-corrected chi connectivity index (χ4v) is 2.81. The SMILES string of the molecule is COc1ccc(OC)c(C(=O)O[C@@H](C)C(=O)Nc2cccc(S(N)(=O)=O)c2)c1. The molecule has 1 amide bonds. The van der Waals surface area contributed by atoms with E-state index in [-0.39, 0.29) is 21.9 Å². The molecule has 2 rings (SSSR count). The van der Waals surface area contributed by atoms with Crippen molar-refractivity contribution in [3.63, 3.8) is 0 Å². The molecule has 28 heavy (non-hydrogen) atoms.